The molecule has 2 heterocycles. The summed E-state index contributed by atoms with van der Waals surface area (Å²) in [7, 11) is 0. The summed E-state index contributed by atoms with van der Waals surface area (Å²) < 4.78 is 5.97. The Morgan fingerprint density at radius 3 is 2.68 bits per heavy atom. The molecule has 0 atom stereocenters. The van der Waals surface area contributed by atoms with E-state index in [-0.39, 0.29) is 11.7 Å². The van der Waals surface area contributed by atoms with E-state index in [0.717, 1.165) is 50.1 Å². The van der Waals surface area contributed by atoms with Gasteiger partial charge in [-0.1, -0.05) is 24.3 Å². The number of aromatic amines is 1. The summed E-state index contributed by atoms with van der Waals surface area (Å²) in [5, 5.41) is 11.5. The van der Waals surface area contributed by atoms with Gasteiger partial charge in [-0.25, -0.2) is 4.98 Å². The van der Waals surface area contributed by atoms with Crippen LogP contribution in [0.1, 0.15) is 21.7 Å². The number of aromatic nitrogens is 2. The number of carbonyl (C=O) groups excluding carboxylic acids is 1. The lowest BCUT2D eigenvalue weighted by atomic mass is 10.0. The van der Waals surface area contributed by atoms with Gasteiger partial charge in [-0.15, -0.1) is 0 Å². The van der Waals surface area contributed by atoms with Crippen molar-refractivity contribution < 1.29 is 14.6 Å². The number of ether oxygens (including phenoxy) is 1. The third-order valence-electron chi connectivity index (χ3n) is 6.33. The topological polar surface area (TPSA) is 78.5 Å². The third kappa shape index (κ3) is 3.63. The Morgan fingerprint density at radius 1 is 0.971 bits per heavy atom. The lowest BCUT2D eigenvalue weighted by Gasteiger charge is -2.20. The van der Waals surface area contributed by atoms with Crippen LogP contribution < -0.4 is 4.74 Å². The monoisotopic (exact) mass is 449 g/mol. The number of phenolic OH excluding ortho intramolecular Hbond substituents is 1. The van der Waals surface area contributed by atoms with Crippen LogP contribution in [0.2, 0.25) is 0 Å². The highest BCUT2D eigenvalue weighted by atomic mass is 16.5. The van der Waals surface area contributed by atoms with E-state index in [1.807, 2.05) is 48.2 Å². The molecule has 0 bridgehead atoms. The van der Waals surface area contributed by atoms with Crippen molar-refractivity contribution >= 4 is 27.7 Å². The summed E-state index contributed by atoms with van der Waals surface area (Å²) in [4.78, 5) is 23.0. The number of benzene rings is 4. The molecule has 34 heavy (non-hydrogen) atoms. The first-order valence-electron chi connectivity index (χ1n) is 11.3. The number of H-pyrrole nitrogens is 1. The van der Waals surface area contributed by atoms with Crippen molar-refractivity contribution in [3.63, 3.8) is 0 Å². The van der Waals surface area contributed by atoms with Crippen LogP contribution in [0, 0.1) is 6.92 Å². The SMILES string of the molecule is Cc1nc2cc(-c3ccc4c(c3)CN(C(=O)c3ccc5cc(O)ccc5c3)CCO4)ccc2[nH]1. The first-order valence-corrected chi connectivity index (χ1v) is 11.3. The number of phenols is 1. The number of hydrogen-bond donors (Lipinski definition) is 2. The van der Waals surface area contributed by atoms with Crippen molar-refractivity contribution in [1.82, 2.24) is 14.9 Å². The van der Waals surface area contributed by atoms with Gasteiger partial charge in [0, 0.05) is 17.7 Å². The van der Waals surface area contributed by atoms with Crippen molar-refractivity contribution in [2.75, 3.05) is 13.2 Å². The summed E-state index contributed by atoms with van der Waals surface area (Å²) in [6.07, 6.45) is 0. The zero-order chi connectivity index (χ0) is 23.2. The van der Waals surface area contributed by atoms with Crippen LogP contribution in [0.25, 0.3) is 32.9 Å². The van der Waals surface area contributed by atoms with E-state index in [2.05, 4.69) is 34.2 Å². The zero-order valence-electron chi connectivity index (χ0n) is 18.7. The summed E-state index contributed by atoms with van der Waals surface area (Å²) >= 11 is 0. The summed E-state index contributed by atoms with van der Waals surface area (Å²) in [5.41, 5.74) is 5.68. The van der Waals surface area contributed by atoms with Crippen molar-refractivity contribution in [2.24, 2.45) is 0 Å². The normalized spacial score (nSPS) is 13.5. The number of hydrogen-bond acceptors (Lipinski definition) is 4. The first-order chi connectivity index (χ1) is 16.5. The van der Waals surface area contributed by atoms with Crippen molar-refractivity contribution in [3.05, 3.63) is 89.7 Å². The molecule has 1 aromatic heterocycles. The Bertz CT molecular complexity index is 1570. The quantitative estimate of drug-likeness (QED) is 0.377. The van der Waals surface area contributed by atoms with E-state index in [1.165, 1.54) is 0 Å². The second-order valence-corrected chi connectivity index (χ2v) is 8.70. The number of aromatic hydroxyl groups is 1. The number of rotatable bonds is 2. The third-order valence-corrected chi connectivity index (χ3v) is 6.33. The molecule has 6 heteroatoms. The minimum atomic E-state index is -0.0368. The molecule has 0 saturated carbocycles. The predicted octanol–water partition coefficient (Wildman–Crippen LogP) is 5.43. The van der Waals surface area contributed by atoms with E-state index >= 15 is 0 Å². The summed E-state index contributed by atoms with van der Waals surface area (Å²) in [5.74, 6) is 1.88. The average Bonchev–Trinajstić information content (AvgIpc) is 3.08. The molecule has 5 aromatic rings. The van der Waals surface area contributed by atoms with Crippen LogP contribution in [0.3, 0.4) is 0 Å². The molecule has 1 aliphatic heterocycles. The number of nitrogens with one attached hydrogen (secondary N) is 1. The highest BCUT2D eigenvalue weighted by Crippen LogP contribution is 2.31. The van der Waals surface area contributed by atoms with Crippen LogP contribution in [0.5, 0.6) is 11.5 Å². The summed E-state index contributed by atoms with van der Waals surface area (Å²) in [6.45, 7) is 3.37. The van der Waals surface area contributed by atoms with Crippen molar-refractivity contribution in [1.29, 1.82) is 0 Å². The van der Waals surface area contributed by atoms with Crippen LogP contribution in [0.4, 0.5) is 0 Å². The maximum atomic E-state index is 13.4. The highest BCUT2D eigenvalue weighted by Gasteiger charge is 2.22. The fourth-order valence-corrected chi connectivity index (χ4v) is 4.61. The van der Waals surface area contributed by atoms with Crippen LogP contribution >= 0.6 is 0 Å². The molecular formula is C28H23N3O3. The molecule has 6 rings (SSSR count). The number of carbonyl (C=O) groups is 1. The number of aryl methyl sites for hydroxylation is 1. The Kier molecular flexibility index (Phi) is 4.73. The maximum Gasteiger partial charge on any atom is 0.254 e. The van der Waals surface area contributed by atoms with Gasteiger partial charge < -0.3 is 19.7 Å². The maximum absolute atomic E-state index is 13.4. The van der Waals surface area contributed by atoms with Crippen molar-refractivity contribution in [3.8, 4) is 22.6 Å². The molecule has 0 fully saturated rings. The van der Waals surface area contributed by atoms with E-state index in [4.69, 9.17) is 4.74 Å². The number of imidazole rings is 1. The van der Waals surface area contributed by atoms with Gasteiger partial charge in [0.15, 0.2) is 0 Å². The molecule has 0 radical (unpaired) electrons. The molecule has 0 unspecified atom stereocenters. The van der Waals surface area contributed by atoms with Gasteiger partial charge in [0.2, 0.25) is 0 Å². The standard InChI is InChI=1S/C28H23N3O3/c1-17-29-25-8-5-21(15-26(25)30-17)19-6-9-27-23(13-19)16-31(10-11-34-27)28(33)22-3-2-20-14-24(32)7-4-18(20)12-22/h2-9,12-15,32H,10-11,16H2,1H3,(H,29,30). The lowest BCUT2D eigenvalue weighted by molar-refractivity contribution is 0.0733. The van der Waals surface area contributed by atoms with Crippen molar-refractivity contribution in [2.45, 2.75) is 13.5 Å². The average molecular weight is 450 g/mol. The smallest absolute Gasteiger partial charge is 0.254 e. The first kappa shape index (κ1) is 20.3. The molecular weight excluding hydrogens is 426 g/mol. The van der Waals surface area contributed by atoms with E-state index in [9.17, 15) is 9.90 Å². The molecule has 168 valence electrons. The minimum absolute atomic E-state index is 0.0368. The van der Waals surface area contributed by atoms with Gasteiger partial charge in [0.25, 0.3) is 5.91 Å². The largest absolute Gasteiger partial charge is 0.508 e. The van der Waals surface area contributed by atoms with Crippen LogP contribution in [-0.4, -0.2) is 39.0 Å². The molecule has 0 aliphatic carbocycles. The fourth-order valence-electron chi connectivity index (χ4n) is 4.61. The Balaban J connectivity index is 1.31. The van der Waals surface area contributed by atoms with Gasteiger partial charge in [-0.2, -0.15) is 0 Å². The number of fused-ring (bicyclic) bond motifs is 3. The molecule has 6 nitrogen and oxygen atoms in total. The molecule has 0 saturated heterocycles. The van der Waals surface area contributed by atoms with Gasteiger partial charge in [-0.3, -0.25) is 4.79 Å². The Morgan fingerprint density at radius 2 is 1.76 bits per heavy atom. The zero-order valence-corrected chi connectivity index (χ0v) is 18.7. The number of amides is 1. The molecule has 4 aromatic carbocycles. The Labute approximate surface area is 196 Å². The van der Waals surface area contributed by atoms with E-state index in [1.54, 1.807) is 12.1 Å². The minimum Gasteiger partial charge on any atom is -0.508 e. The fraction of sp³-hybridized carbons (Fsp3) is 0.143. The van der Waals surface area contributed by atoms with E-state index in [0.29, 0.717) is 25.3 Å². The Hall–Kier alpha value is -4.32. The molecule has 2 N–H and O–H groups in total. The van der Waals surface area contributed by atoms with Crippen LogP contribution in [0.15, 0.2) is 72.8 Å². The molecule has 0 spiro atoms. The number of nitrogens with zero attached hydrogens (tertiary/aromatic N) is 2. The molecule has 1 amide bonds. The second kappa shape index (κ2) is 7.92. The van der Waals surface area contributed by atoms with Gasteiger partial charge in [-0.05, 0) is 77.4 Å². The van der Waals surface area contributed by atoms with Gasteiger partial charge >= 0.3 is 0 Å². The van der Waals surface area contributed by atoms with Crippen LogP contribution in [-0.2, 0) is 6.54 Å². The predicted molar refractivity (Wildman–Crippen MR) is 132 cm³/mol. The van der Waals surface area contributed by atoms with Gasteiger partial charge in [0.1, 0.15) is 23.9 Å². The second-order valence-electron chi connectivity index (χ2n) is 8.70. The summed E-state index contributed by atoms with van der Waals surface area (Å²) in [6, 6.07) is 23.1. The highest BCUT2D eigenvalue weighted by molar-refractivity contribution is 5.99. The van der Waals surface area contributed by atoms with E-state index < -0.39 is 0 Å². The lowest BCUT2D eigenvalue weighted by Crippen LogP contribution is -2.32. The molecule has 1 aliphatic rings. The van der Waals surface area contributed by atoms with Gasteiger partial charge in [0.05, 0.1) is 17.6 Å².